The smallest absolute Gasteiger partial charge is 0.316 e. The quantitative estimate of drug-likeness (QED) is 0.689. The fraction of sp³-hybridized carbons (Fsp3) is 0.400. The number of likely N-dealkylation sites (tertiary alicyclic amines) is 1. The van der Waals surface area contributed by atoms with Gasteiger partial charge in [-0.15, -0.1) is 0 Å². The number of ether oxygens (including phenoxy) is 1. The van der Waals surface area contributed by atoms with Gasteiger partial charge in [-0.3, -0.25) is 9.59 Å². The molecule has 1 aliphatic rings. The van der Waals surface area contributed by atoms with Crippen LogP contribution in [0.25, 0.3) is 10.9 Å². The van der Waals surface area contributed by atoms with Crippen LogP contribution < -0.4 is 10.3 Å². The minimum Gasteiger partial charge on any atom is -0.460 e. The molecule has 3 aromatic rings. The lowest BCUT2D eigenvalue weighted by Gasteiger charge is -2.31. The number of hydrogen-bond donors (Lipinski definition) is 0. The molecule has 1 aliphatic heterocycles. The van der Waals surface area contributed by atoms with Crippen molar-refractivity contribution in [1.29, 1.82) is 0 Å². The van der Waals surface area contributed by atoms with Crippen LogP contribution in [0.3, 0.4) is 0 Å². The number of pyridine rings is 1. The van der Waals surface area contributed by atoms with E-state index in [9.17, 15) is 9.59 Å². The van der Waals surface area contributed by atoms with E-state index in [0.29, 0.717) is 42.9 Å². The van der Waals surface area contributed by atoms with Crippen LogP contribution in [0.4, 0.5) is 0 Å². The van der Waals surface area contributed by atoms with Gasteiger partial charge in [-0.1, -0.05) is 0 Å². The number of nitrogens with zero attached hydrogens (tertiary/aromatic N) is 5. The van der Waals surface area contributed by atoms with Crippen LogP contribution in [0.2, 0.25) is 0 Å². The number of amides is 1. The fourth-order valence-electron chi connectivity index (χ4n) is 3.91. The predicted octanol–water partition coefficient (Wildman–Crippen LogP) is 1.66. The monoisotopic (exact) mass is 381 g/mol. The van der Waals surface area contributed by atoms with E-state index >= 15 is 0 Å². The Labute approximate surface area is 162 Å². The number of carbonyl (C=O) groups is 1. The molecule has 0 aromatic carbocycles. The molecule has 1 amide bonds. The number of piperidine rings is 1. The third-order valence-corrected chi connectivity index (χ3v) is 5.25. The molecule has 0 atom stereocenters. The summed E-state index contributed by atoms with van der Waals surface area (Å²) in [4.78, 5) is 35.8. The van der Waals surface area contributed by atoms with Gasteiger partial charge in [0.1, 0.15) is 6.10 Å². The Kier molecular flexibility index (Phi) is 4.62. The van der Waals surface area contributed by atoms with Crippen molar-refractivity contribution >= 4 is 16.8 Å². The van der Waals surface area contributed by atoms with Crippen molar-refractivity contribution in [2.24, 2.45) is 14.1 Å². The topological polar surface area (TPSA) is 82.2 Å². The zero-order valence-corrected chi connectivity index (χ0v) is 16.3. The lowest BCUT2D eigenvalue weighted by molar-refractivity contribution is 0.0580. The molecule has 0 N–H and O–H groups in total. The van der Waals surface area contributed by atoms with Crippen LogP contribution in [0, 0.1) is 6.92 Å². The third kappa shape index (κ3) is 3.15. The number of hydrogen-bond acceptors (Lipinski definition) is 5. The van der Waals surface area contributed by atoms with Crippen LogP contribution in [-0.2, 0) is 14.1 Å². The van der Waals surface area contributed by atoms with Gasteiger partial charge in [0.2, 0.25) is 0 Å². The number of aromatic nitrogens is 4. The highest BCUT2D eigenvalue weighted by atomic mass is 16.5. The first-order chi connectivity index (χ1) is 13.5. The minimum atomic E-state index is -0.149. The lowest BCUT2D eigenvalue weighted by atomic mass is 10.1. The molecule has 4 heterocycles. The molecule has 3 aromatic heterocycles. The van der Waals surface area contributed by atoms with Gasteiger partial charge in [0.25, 0.3) is 11.5 Å². The van der Waals surface area contributed by atoms with E-state index in [1.54, 1.807) is 42.8 Å². The van der Waals surface area contributed by atoms with Crippen LogP contribution >= 0.6 is 0 Å². The molecule has 146 valence electrons. The zero-order chi connectivity index (χ0) is 19.8. The lowest BCUT2D eigenvalue weighted by Crippen LogP contribution is -2.42. The zero-order valence-electron chi connectivity index (χ0n) is 16.3. The van der Waals surface area contributed by atoms with Crippen molar-refractivity contribution in [3.8, 4) is 6.01 Å². The Bertz CT molecular complexity index is 1080. The van der Waals surface area contributed by atoms with Gasteiger partial charge in [-0.05, 0) is 18.6 Å². The maximum absolute atomic E-state index is 13.2. The van der Waals surface area contributed by atoms with E-state index in [-0.39, 0.29) is 17.6 Å². The van der Waals surface area contributed by atoms with E-state index in [1.807, 2.05) is 18.5 Å². The van der Waals surface area contributed by atoms with Crippen molar-refractivity contribution in [3.05, 3.63) is 52.3 Å². The summed E-state index contributed by atoms with van der Waals surface area (Å²) in [5.74, 6) is -0.109. The molecule has 1 saturated heterocycles. The van der Waals surface area contributed by atoms with Crippen LogP contribution in [0.15, 0.2) is 35.6 Å². The number of aryl methyl sites for hydroxylation is 3. The molecule has 4 rings (SSSR count). The summed E-state index contributed by atoms with van der Waals surface area (Å²) in [5.41, 5.74) is 2.09. The number of rotatable bonds is 3. The Balaban J connectivity index is 1.54. The van der Waals surface area contributed by atoms with Crippen LogP contribution in [-0.4, -0.2) is 49.1 Å². The summed E-state index contributed by atoms with van der Waals surface area (Å²) < 4.78 is 9.20. The molecule has 0 radical (unpaired) electrons. The fourth-order valence-corrected chi connectivity index (χ4v) is 3.91. The highest BCUT2D eigenvalue weighted by Gasteiger charge is 2.28. The molecule has 8 nitrogen and oxygen atoms in total. The first-order valence-electron chi connectivity index (χ1n) is 9.34. The highest BCUT2D eigenvalue weighted by Crippen LogP contribution is 2.24. The summed E-state index contributed by atoms with van der Waals surface area (Å²) >= 11 is 0. The molecule has 0 spiro atoms. The molecule has 0 bridgehead atoms. The van der Waals surface area contributed by atoms with E-state index in [1.165, 1.54) is 4.57 Å². The van der Waals surface area contributed by atoms with Gasteiger partial charge in [0.15, 0.2) is 0 Å². The summed E-state index contributed by atoms with van der Waals surface area (Å²) in [6.07, 6.45) is 8.23. The van der Waals surface area contributed by atoms with E-state index in [4.69, 9.17) is 4.74 Å². The largest absolute Gasteiger partial charge is 0.460 e. The average molecular weight is 381 g/mol. The van der Waals surface area contributed by atoms with Gasteiger partial charge in [0.05, 0.1) is 16.5 Å². The summed E-state index contributed by atoms with van der Waals surface area (Å²) in [5, 5.41) is 0.492. The maximum atomic E-state index is 13.2. The Hall–Kier alpha value is -3.16. The molecule has 28 heavy (non-hydrogen) atoms. The Morgan fingerprint density at radius 3 is 2.46 bits per heavy atom. The van der Waals surface area contributed by atoms with E-state index < -0.39 is 0 Å². The minimum absolute atomic E-state index is 0.0194. The molecular formula is C20H23N5O3. The molecule has 1 fully saturated rings. The van der Waals surface area contributed by atoms with Crippen LogP contribution in [0.1, 0.15) is 28.8 Å². The molecule has 0 aliphatic carbocycles. The summed E-state index contributed by atoms with van der Waals surface area (Å²) in [6, 6.07) is 2.10. The first-order valence-corrected chi connectivity index (χ1v) is 9.34. The van der Waals surface area contributed by atoms with Gasteiger partial charge >= 0.3 is 6.01 Å². The average Bonchev–Trinajstić information content (AvgIpc) is 3.05. The number of fused-ring (bicyclic) bond motifs is 1. The second kappa shape index (κ2) is 7.10. The SMILES string of the molecule is Cc1cn(C)c(=O)c2c(C(=O)N3CCC(Oc4ncccn4)CC3)cn(C)c12. The van der Waals surface area contributed by atoms with Crippen molar-refractivity contribution in [2.45, 2.75) is 25.9 Å². The van der Waals surface area contributed by atoms with Gasteiger partial charge in [0, 0.05) is 64.8 Å². The Morgan fingerprint density at radius 2 is 1.79 bits per heavy atom. The van der Waals surface area contributed by atoms with Crippen molar-refractivity contribution in [1.82, 2.24) is 24.0 Å². The standard InChI is InChI=1S/C20H23N5O3/c1-13-11-24(3)19(27)16-15(12-23(2)17(13)16)18(26)25-9-5-14(6-10-25)28-20-21-7-4-8-22-20/h4,7-8,11-12,14H,5-6,9-10H2,1-3H3. The summed E-state index contributed by atoms with van der Waals surface area (Å²) in [6.45, 7) is 3.09. The highest BCUT2D eigenvalue weighted by molar-refractivity contribution is 6.07. The normalized spacial score (nSPS) is 15.2. The van der Waals surface area contributed by atoms with Gasteiger partial charge in [-0.2, -0.15) is 0 Å². The van der Waals surface area contributed by atoms with Gasteiger partial charge in [-0.25, -0.2) is 9.97 Å². The number of carbonyl (C=O) groups excluding carboxylic acids is 1. The molecule has 0 unspecified atom stereocenters. The Morgan fingerprint density at radius 1 is 1.11 bits per heavy atom. The van der Waals surface area contributed by atoms with Gasteiger partial charge < -0.3 is 18.8 Å². The first kappa shape index (κ1) is 18.2. The summed E-state index contributed by atoms with van der Waals surface area (Å²) in [7, 11) is 3.58. The van der Waals surface area contributed by atoms with Crippen LogP contribution in [0.5, 0.6) is 6.01 Å². The second-order valence-corrected chi connectivity index (χ2v) is 7.25. The predicted molar refractivity (Wildman–Crippen MR) is 104 cm³/mol. The van der Waals surface area contributed by atoms with Crippen molar-refractivity contribution in [3.63, 3.8) is 0 Å². The molecule has 8 heteroatoms. The molecular weight excluding hydrogens is 358 g/mol. The molecule has 0 saturated carbocycles. The van der Waals surface area contributed by atoms with Crippen molar-refractivity contribution < 1.29 is 9.53 Å². The third-order valence-electron chi connectivity index (χ3n) is 5.25. The van der Waals surface area contributed by atoms with E-state index in [0.717, 1.165) is 11.1 Å². The second-order valence-electron chi connectivity index (χ2n) is 7.25. The van der Waals surface area contributed by atoms with E-state index in [2.05, 4.69) is 9.97 Å². The van der Waals surface area contributed by atoms with Crippen molar-refractivity contribution in [2.75, 3.05) is 13.1 Å². The maximum Gasteiger partial charge on any atom is 0.316 e.